The van der Waals surface area contributed by atoms with Gasteiger partial charge < -0.3 is 10.2 Å². The zero-order valence-electron chi connectivity index (χ0n) is 10.0. The molecule has 0 heterocycles. The van der Waals surface area contributed by atoms with Crippen molar-refractivity contribution in [1.29, 1.82) is 0 Å². The van der Waals surface area contributed by atoms with Crippen LogP contribution in [0, 0.1) is 0 Å². The van der Waals surface area contributed by atoms with Gasteiger partial charge in [-0.25, -0.2) is 0 Å². The second-order valence-electron chi connectivity index (χ2n) is 3.71. The van der Waals surface area contributed by atoms with Crippen molar-refractivity contribution in [2.24, 2.45) is 0 Å². The number of amides is 1. The lowest BCUT2D eigenvalue weighted by Gasteiger charge is -2.11. The second kappa shape index (κ2) is 5.95. The van der Waals surface area contributed by atoms with E-state index in [1.807, 2.05) is 56.3 Å². The summed E-state index contributed by atoms with van der Waals surface area (Å²) in [4.78, 5) is 13.2. The smallest absolute Gasteiger partial charge is 0.243 e. The van der Waals surface area contributed by atoms with Crippen molar-refractivity contribution in [3.05, 3.63) is 35.9 Å². The fourth-order valence-corrected chi connectivity index (χ4v) is 1.29. The Bertz CT molecular complexity index is 366. The van der Waals surface area contributed by atoms with Crippen molar-refractivity contribution in [3.8, 4) is 0 Å². The van der Waals surface area contributed by atoms with E-state index in [2.05, 4.69) is 5.32 Å². The lowest BCUT2D eigenvalue weighted by molar-refractivity contribution is -0.116. The summed E-state index contributed by atoms with van der Waals surface area (Å²) in [7, 11) is 4.00. The molecule has 3 nitrogen and oxygen atoms in total. The van der Waals surface area contributed by atoms with Gasteiger partial charge in [0.2, 0.25) is 5.91 Å². The Hall–Kier alpha value is -1.77. The molecular weight excluding hydrogens is 200 g/mol. The maximum atomic E-state index is 11.2. The van der Waals surface area contributed by atoms with E-state index >= 15 is 0 Å². The molecule has 0 aliphatic rings. The summed E-state index contributed by atoms with van der Waals surface area (Å²) in [5.41, 5.74) is 2.17. The van der Waals surface area contributed by atoms with E-state index in [0.29, 0.717) is 6.54 Å². The van der Waals surface area contributed by atoms with Crippen LogP contribution >= 0.6 is 0 Å². The summed E-state index contributed by atoms with van der Waals surface area (Å²) < 4.78 is 0. The van der Waals surface area contributed by atoms with E-state index < -0.39 is 0 Å². The van der Waals surface area contributed by atoms with Crippen molar-refractivity contribution >= 4 is 17.7 Å². The number of likely N-dealkylation sites (N-methyl/N-ethyl adjacent to an activating group) is 1. The molecule has 0 unspecified atom stereocenters. The number of benzene rings is 1. The van der Waals surface area contributed by atoms with Gasteiger partial charge in [0, 0.05) is 32.4 Å². The lowest BCUT2D eigenvalue weighted by Crippen LogP contribution is -2.19. The molecule has 0 radical (unpaired) electrons. The standard InChI is InChI=1S/C13H18N2O/c1-4-14-13(16)10-7-11-5-8-12(9-6-11)15(2)3/h5-10H,4H2,1-3H3,(H,14,16). The first kappa shape index (κ1) is 12.3. The molecule has 0 aliphatic heterocycles. The molecule has 0 bridgehead atoms. The van der Waals surface area contributed by atoms with Gasteiger partial charge >= 0.3 is 0 Å². The van der Waals surface area contributed by atoms with E-state index in [1.165, 1.54) is 0 Å². The molecular formula is C13H18N2O. The van der Waals surface area contributed by atoms with Crippen LogP contribution in [0.15, 0.2) is 30.3 Å². The Morgan fingerprint density at radius 3 is 2.44 bits per heavy atom. The zero-order chi connectivity index (χ0) is 12.0. The maximum Gasteiger partial charge on any atom is 0.243 e. The monoisotopic (exact) mass is 218 g/mol. The third-order valence-electron chi connectivity index (χ3n) is 2.19. The predicted molar refractivity (Wildman–Crippen MR) is 68.5 cm³/mol. The number of hydrogen-bond acceptors (Lipinski definition) is 2. The van der Waals surface area contributed by atoms with Crippen molar-refractivity contribution < 1.29 is 4.79 Å². The first-order chi connectivity index (χ1) is 7.63. The molecule has 0 saturated heterocycles. The van der Waals surface area contributed by atoms with Gasteiger partial charge in [0.05, 0.1) is 0 Å². The Labute approximate surface area is 96.8 Å². The fourth-order valence-electron chi connectivity index (χ4n) is 1.29. The number of carbonyl (C=O) groups is 1. The van der Waals surface area contributed by atoms with Gasteiger partial charge in [-0.2, -0.15) is 0 Å². The molecule has 1 amide bonds. The molecule has 0 aliphatic carbocycles. The number of hydrogen-bond donors (Lipinski definition) is 1. The van der Waals surface area contributed by atoms with Gasteiger partial charge in [-0.05, 0) is 30.7 Å². The van der Waals surface area contributed by atoms with Crippen LogP contribution in [-0.2, 0) is 4.79 Å². The van der Waals surface area contributed by atoms with Crippen LogP contribution in [0.2, 0.25) is 0 Å². The van der Waals surface area contributed by atoms with Gasteiger partial charge in [-0.15, -0.1) is 0 Å². The molecule has 16 heavy (non-hydrogen) atoms. The van der Waals surface area contributed by atoms with E-state index in [1.54, 1.807) is 6.08 Å². The lowest BCUT2D eigenvalue weighted by atomic mass is 10.2. The molecule has 0 atom stereocenters. The highest BCUT2D eigenvalue weighted by Gasteiger charge is 1.94. The molecule has 0 fully saturated rings. The Kier molecular flexibility index (Phi) is 4.58. The summed E-state index contributed by atoms with van der Waals surface area (Å²) in [5, 5.41) is 2.71. The van der Waals surface area contributed by atoms with Gasteiger partial charge in [-0.1, -0.05) is 12.1 Å². The van der Waals surface area contributed by atoms with Crippen LogP contribution < -0.4 is 10.2 Å². The van der Waals surface area contributed by atoms with Gasteiger partial charge in [0.15, 0.2) is 0 Å². The SMILES string of the molecule is CCNC(=O)C=Cc1ccc(N(C)C)cc1. The van der Waals surface area contributed by atoms with Gasteiger partial charge in [0.1, 0.15) is 0 Å². The Morgan fingerprint density at radius 2 is 1.94 bits per heavy atom. The van der Waals surface area contributed by atoms with Gasteiger partial charge in [0.25, 0.3) is 0 Å². The molecule has 0 saturated carbocycles. The molecule has 3 heteroatoms. The number of rotatable bonds is 4. The second-order valence-corrected chi connectivity index (χ2v) is 3.71. The average molecular weight is 218 g/mol. The van der Waals surface area contributed by atoms with E-state index in [-0.39, 0.29) is 5.91 Å². The molecule has 1 rings (SSSR count). The van der Waals surface area contributed by atoms with E-state index in [4.69, 9.17) is 0 Å². The molecule has 0 aromatic heterocycles. The minimum absolute atomic E-state index is 0.0563. The third-order valence-corrected chi connectivity index (χ3v) is 2.19. The van der Waals surface area contributed by atoms with Crippen molar-refractivity contribution in [2.75, 3.05) is 25.5 Å². The van der Waals surface area contributed by atoms with E-state index in [0.717, 1.165) is 11.3 Å². The number of nitrogens with one attached hydrogen (secondary N) is 1. The first-order valence-electron chi connectivity index (χ1n) is 5.36. The predicted octanol–water partition coefficient (Wildman–Crippen LogP) is 1.90. The third kappa shape index (κ3) is 3.77. The van der Waals surface area contributed by atoms with Crippen molar-refractivity contribution in [3.63, 3.8) is 0 Å². The van der Waals surface area contributed by atoms with Crippen LogP contribution in [-0.4, -0.2) is 26.5 Å². The largest absolute Gasteiger partial charge is 0.378 e. The van der Waals surface area contributed by atoms with Crippen LogP contribution in [0.1, 0.15) is 12.5 Å². The number of anilines is 1. The molecule has 86 valence electrons. The van der Waals surface area contributed by atoms with Crippen molar-refractivity contribution in [2.45, 2.75) is 6.92 Å². The van der Waals surface area contributed by atoms with Crippen molar-refractivity contribution in [1.82, 2.24) is 5.32 Å². The highest BCUT2D eigenvalue weighted by molar-refractivity contribution is 5.91. The highest BCUT2D eigenvalue weighted by Crippen LogP contribution is 2.12. The van der Waals surface area contributed by atoms with Crippen LogP contribution in [0.4, 0.5) is 5.69 Å². The molecule has 0 spiro atoms. The number of nitrogens with zero attached hydrogens (tertiary/aromatic N) is 1. The minimum atomic E-state index is -0.0563. The molecule has 1 N–H and O–H groups in total. The summed E-state index contributed by atoms with van der Waals surface area (Å²) in [6, 6.07) is 8.03. The quantitative estimate of drug-likeness (QED) is 0.783. The normalized spacial score (nSPS) is 10.4. The fraction of sp³-hybridized carbons (Fsp3) is 0.308. The Morgan fingerprint density at radius 1 is 1.31 bits per heavy atom. The number of carbonyl (C=O) groups excluding carboxylic acids is 1. The summed E-state index contributed by atoms with van der Waals surface area (Å²) in [6.07, 6.45) is 3.36. The maximum absolute atomic E-state index is 11.2. The average Bonchev–Trinajstić information content (AvgIpc) is 2.27. The van der Waals surface area contributed by atoms with Crippen LogP contribution in [0.25, 0.3) is 6.08 Å². The van der Waals surface area contributed by atoms with Crippen LogP contribution in [0.5, 0.6) is 0 Å². The molecule has 1 aromatic carbocycles. The van der Waals surface area contributed by atoms with E-state index in [9.17, 15) is 4.79 Å². The minimum Gasteiger partial charge on any atom is -0.378 e. The summed E-state index contributed by atoms with van der Waals surface area (Å²) in [5.74, 6) is -0.0563. The first-order valence-corrected chi connectivity index (χ1v) is 5.36. The van der Waals surface area contributed by atoms with Crippen LogP contribution in [0.3, 0.4) is 0 Å². The Balaban J connectivity index is 2.65. The topological polar surface area (TPSA) is 32.3 Å². The zero-order valence-corrected chi connectivity index (χ0v) is 10.0. The van der Waals surface area contributed by atoms with Gasteiger partial charge in [-0.3, -0.25) is 4.79 Å². The molecule has 1 aromatic rings. The summed E-state index contributed by atoms with van der Waals surface area (Å²) >= 11 is 0. The highest BCUT2D eigenvalue weighted by atomic mass is 16.1. The summed E-state index contributed by atoms with van der Waals surface area (Å²) in [6.45, 7) is 2.56.